The Morgan fingerprint density at radius 1 is 0.470 bits per heavy atom. The molecule has 2 amide bonds. The van der Waals surface area contributed by atoms with E-state index in [0.29, 0.717) is 101 Å². The fraction of sp³-hybridized carbons (Fsp3) is 0.304. The number of rotatable bonds is 29. The van der Waals surface area contributed by atoms with Crippen LogP contribution in [0.5, 0.6) is 23.0 Å². The SMILES string of the molecule is N#CCCN(CCCCNCCCNC(=O)CCc1ccc(OCc2ccccc2)c(OCc2ccccc2)c1)C(=O)CCc1ccc(OCc2ccccc2)c(OCc2ccccc2)c1. The van der Waals surface area contributed by atoms with Crippen molar-refractivity contribution in [3.8, 4) is 29.1 Å². The lowest BCUT2D eigenvalue weighted by Gasteiger charge is -2.22. The van der Waals surface area contributed by atoms with Crippen molar-refractivity contribution in [2.24, 2.45) is 0 Å². The van der Waals surface area contributed by atoms with Crippen molar-refractivity contribution in [2.45, 2.75) is 77.8 Å². The van der Waals surface area contributed by atoms with E-state index in [1.54, 1.807) is 0 Å². The smallest absolute Gasteiger partial charge is 0.222 e. The van der Waals surface area contributed by atoms with E-state index in [2.05, 4.69) is 16.7 Å². The number of ether oxygens (including phenoxy) is 4. The van der Waals surface area contributed by atoms with E-state index < -0.39 is 0 Å². The highest BCUT2D eigenvalue weighted by atomic mass is 16.5. The molecule has 0 heterocycles. The molecule has 6 aromatic carbocycles. The standard InChI is InChI=1S/C56H62N4O6/c57-33-15-38-60(56(62)32-28-46-26-30-52(64-42-48-19-7-2-8-20-48)54(40-46)66-44-50-23-11-4-12-24-50)37-14-13-34-58-35-16-36-59-55(61)31-27-45-25-29-51(63-41-47-17-5-1-6-18-47)53(39-45)65-43-49-21-9-3-10-22-49/h1-12,17-26,29-30,39-40,58H,13-16,27-28,31-32,34-38,41-44H2,(H,59,61). The zero-order chi connectivity index (χ0) is 45.9. The second kappa shape index (κ2) is 28.0. The second-order valence-electron chi connectivity index (χ2n) is 16.1. The summed E-state index contributed by atoms with van der Waals surface area (Å²) in [6.45, 7) is 4.84. The highest BCUT2D eigenvalue weighted by Crippen LogP contribution is 2.32. The molecule has 2 N–H and O–H groups in total. The minimum Gasteiger partial charge on any atom is -0.485 e. The Bertz CT molecular complexity index is 2380. The summed E-state index contributed by atoms with van der Waals surface area (Å²) >= 11 is 0. The maximum atomic E-state index is 13.4. The van der Waals surface area contributed by atoms with E-state index in [4.69, 9.17) is 18.9 Å². The first kappa shape index (κ1) is 48.4. The van der Waals surface area contributed by atoms with Crippen molar-refractivity contribution < 1.29 is 28.5 Å². The van der Waals surface area contributed by atoms with Gasteiger partial charge in [-0.05, 0) is 103 Å². The molecule has 0 bridgehead atoms. The number of amides is 2. The van der Waals surface area contributed by atoms with Crippen LogP contribution in [0.15, 0.2) is 158 Å². The van der Waals surface area contributed by atoms with Crippen LogP contribution in [0, 0.1) is 11.3 Å². The molecule has 342 valence electrons. The summed E-state index contributed by atoms with van der Waals surface area (Å²) in [6.07, 6.45) is 4.65. The third-order valence-corrected chi connectivity index (χ3v) is 11.0. The van der Waals surface area contributed by atoms with E-state index in [1.807, 2.05) is 163 Å². The number of hydrogen-bond acceptors (Lipinski definition) is 8. The molecule has 6 aromatic rings. The Kier molecular flexibility index (Phi) is 20.5. The van der Waals surface area contributed by atoms with Crippen LogP contribution in [0.25, 0.3) is 0 Å². The highest BCUT2D eigenvalue weighted by molar-refractivity contribution is 5.76. The zero-order valence-electron chi connectivity index (χ0n) is 37.9. The molecule has 0 aliphatic heterocycles. The Hall–Kier alpha value is -7.09. The van der Waals surface area contributed by atoms with E-state index >= 15 is 0 Å². The molecule has 0 atom stereocenters. The number of benzene rings is 6. The van der Waals surface area contributed by atoms with Gasteiger partial charge in [0.05, 0.1) is 12.5 Å². The van der Waals surface area contributed by atoms with Gasteiger partial charge in [0.25, 0.3) is 0 Å². The summed E-state index contributed by atoms with van der Waals surface area (Å²) in [4.78, 5) is 28.0. The number of hydrogen-bond donors (Lipinski definition) is 2. The Labute approximate surface area is 390 Å². The first-order valence-corrected chi connectivity index (χ1v) is 23.1. The average Bonchev–Trinajstić information content (AvgIpc) is 3.36. The van der Waals surface area contributed by atoms with Gasteiger partial charge in [-0.1, -0.05) is 133 Å². The number of carbonyl (C=O) groups excluding carboxylic acids is 2. The van der Waals surface area contributed by atoms with Crippen molar-refractivity contribution in [1.82, 2.24) is 15.5 Å². The van der Waals surface area contributed by atoms with Crippen molar-refractivity contribution >= 4 is 11.8 Å². The summed E-state index contributed by atoms with van der Waals surface area (Å²) < 4.78 is 24.8. The molecule has 10 heteroatoms. The third-order valence-electron chi connectivity index (χ3n) is 11.0. The molecule has 0 saturated carbocycles. The maximum absolute atomic E-state index is 13.4. The molecule has 0 saturated heterocycles. The van der Waals surface area contributed by atoms with Crippen molar-refractivity contribution in [1.29, 1.82) is 5.26 Å². The van der Waals surface area contributed by atoms with Crippen LogP contribution in [0.1, 0.15) is 71.9 Å². The maximum Gasteiger partial charge on any atom is 0.222 e. The number of carbonyl (C=O) groups is 2. The summed E-state index contributed by atoms with van der Waals surface area (Å²) in [5.74, 6) is 2.66. The fourth-order valence-corrected chi connectivity index (χ4v) is 7.24. The van der Waals surface area contributed by atoms with Gasteiger partial charge in [0.15, 0.2) is 23.0 Å². The van der Waals surface area contributed by atoms with Gasteiger partial charge in [0.1, 0.15) is 26.4 Å². The molecule has 0 aliphatic rings. The average molecular weight is 887 g/mol. The van der Waals surface area contributed by atoms with Gasteiger partial charge in [0.2, 0.25) is 11.8 Å². The van der Waals surface area contributed by atoms with Crippen LogP contribution in [-0.4, -0.2) is 49.4 Å². The van der Waals surface area contributed by atoms with Gasteiger partial charge in [-0.2, -0.15) is 5.26 Å². The first-order chi connectivity index (χ1) is 32.5. The van der Waals surface area contributed by atoms with Crippen molar-refractivity contribution in [3.05, 3.63) is 191 Å². The minimum atomic E-state index is 0.00925. The molecular weight excluding hydrogens is 825 g/mol. The molecule has 10 nitrogen and oxygen atoms in total. The molecule has 66 heavy (non-hydrogen) atoms. The van der Waals surface area contributed by atoms with Crippen LogP contribution in [0.2, 0.25) is 0 Å². The summed E-state index contributed by atoms with van der Waals surface area (Å²) in [5, 5.41) is 15.8. The molecule has 0 aliphatic carbocycles. The lowest BCUT2D eigenvalue weighted by Crippen LogP contribution is -2.33. The quantitative estimate of drug-likeness (QED) is 0.0447. The predicted octanol–water partition coefficient (Wildman–Crippen LogP) is 10.2. The number of nitriles is 1. The zero-order valence-corrected chi connectivity index (χ0v) is 37.9. The highest BCUT2D eigenvalue weighted by Gasteiger charge is 2.15. The summed E-state index contributed by atoms with van der Waals surface area (Å²) in [5.41, 5.74) is 6.23. The Balaban J connectivity index is 0.874. The Morgan fingerprint density at radius 3 is 1.38 bits per heavy atom. The van der Waals surface area contributed by atoms with Gasteiger partial charge in [-0.3, -0.25) is 9.59 Å². The van der Waals surface area contributed by atoms with Crippen LogP contribution >= 0.6 is 0 Å². The van der Waals surface area contributed by atoms with Crippen molar-refractivity contribution in [2.75, 3.05) is 32.7 Å². The monoisotopic (exact) mass is 886 g/mol. The van der Waals surface area contributed by atoms with E-state index in [1.165, 1.54) is 0 Å². The second-order valence-corrected chi connectivity index (χ2v) is 16.1. The van der Waals surface area contributed by atoms with Crippen LogP contribution in [0.3, 0.4) is 0 Å². The molecule has 0 fully saturated rings. The minimum absolute atomic E-state index is 0.00925. The van der Waals surface area contributed by atoms with E-state index in [0.717, 1.165) is 65.7 Å². The number of nitrogens with one attached hydrogen (secondary N) is 2. The number of nitrogens with zero attached hydrogens (tertiary/aromatic N) is 2. The summed E-state index contributed by atoms with van der Waals surface area (Å²) in [7, 11) is 0. The lowest BCUT2D eigenvalue weighted by molar-refractivity contribution is -0.131. The van der Waals surface area contributed by atoms with Gasteiger partial charge >= 0.3 is 0 Å². The fourth-order valence-electron chi connectivity index (χ4n) is 7.24. The molecular formula is C56H62N4O6. The summed E-state index contributed by atoms with van der Waals surface area (Å²) in [6, 6.07) is 54.0. The Morgan fingerprint density at radius 2 is 0.909 bits per heavy atom. The molecule has 0 unspecified atom stereocenters. The van der Waals surface area contributed by atoms with E-state index in [9.17, 15) is 14.9 Å². The van der Waals surface area contributed by atoms with Gasteiger partial charge < -0.3 is 34.5 Å². The molecule has 6 rings (SSSR count). The first-order valence-electron chi connectivity index (χ1n) is 23.1. The van der Waals surface area contributed by atoms with Gasteiger partial charge in [0, 0.05) is 32.5 Å². The molecule has 0 spiro atoms. The van der Waals surface area contributed by atoms with E-state index in [-0.39, 0.29) is 11.8 Å². The lowest BCUT2D eigenvalue weighted by atomic mass is 10.1. The van der Waals surface area contributed by atoms with Crippen LogP contribution in [-0.2, 0) is 48.9 Å². The number of aryl methyl sites for hydroxylation is 2. The van der Waals surface area contributed by atoms with Crippen LogP contribution in [0.4, 0.5) is 0 Å². The molecule has 0 aromatic heterocycles. The predicted molar refractivity (Wildman–Crippen MR) is 259 cm³/mol. The van der Waals surface area contributed by atoms with Gasteiger partial charge in [-0.25, -0.2) is 0 Å². The largest absolute Gasteiger partial charge is 0.485 e. The number of unbranched alkanes of at least 4 members (excludes halogenated alkanes) is 1. The third kappa shape index (κ3) is 17.5. The normalized spacial score (nSPS) is 10.7. The van der Waals surface area contributed by atoms with Crippen molar-refractivity contribution in [3.63, 3.8) is 0 Å². The molecule has 0 radical (unpaired) electrons. The van der Waals surface area contributed by atoms with Gasteiger partial charge in [-0.15, -0.1) is 0 Å². The topological polar surface area (TPSA) is 122 Å². The van der Waals surface area contributed by atoms with Crippen LogP contribution < -0.4 is 29.6 Å².